The van der Waals surface area contributed by atoms with Crippen LogP contribution in [0.15, 0.2) is 22.9 Å². The van der Waals surface area contributed by atoms with Crippen LogP contribution in [0.1, 0.15) is 47.5 Å². The van der Waals surface area contributed by atoms with Crippen LogP contribution >= 0.6 is 0 Å². The van der Waals surface area contributed by atoms with Crippen molar-refractivity contribution in [2.24, 2.45) is 7.05 Å². The van der Waals surface area contributed by atoms with Gasteiger partial charge in [0.2, 0.25) is 5.89 Å². The number of ether oxygens (including phenoxy) is 1. The van der Waals surface area contributed by atoms with Gasteiger partial charge in [-0.05, 0) is 31.4 Å². The van der Waals surface area contributed by atoms with E-state index in [1.165, 1.54) is 0 Å². The number of aryl methyl sites for hydroxylation is 1. The molecule has 1 amide bonds. The first-order chi connectivity index (χ1) is 11.2. The average Bonchev–Trinajstić information content (AvgIpc) is 3.21. The number of amides is 1. The van der Waals surface area contributed by atoms with Crippen molar-refractivity contribution in [2.45, 2.75) is 31.7 Å². The zero-order valence-electron chi connectivity index (χ0n) is 13.6. The molecule has 0 aliphatic carbocycles. The molecule has 3 heterocycles. The summed E-state index contributed by atoms with van der Waals surface area (Å²) < 4.78 is 12.3. The standard InChI is InChI=1S/C16H22N4O3/c1-19-9-5-7-13(19)16(21)20-10-4-3-6-12(20)15-17-14(18-23-15)8-11-22-2/h5,7,9,12H,3-4,6,8,10-11H2,1-2H3. The van der Waals surface area contributed by atoms with Crippen molar-refractivity contribution in [3.8, 4) is 0 Å². The second-order valence-corrected chi connectivity index (χ2v) is 5.81. The molecule has 0 aromatic carbocycles. The highest BCUT2D eigenvalue weighted by Crippen LogP contribution is 2.31. The quantitative estimate of drug-likeness (QED) is 0.842. The summed E-state index contributed by atoms with van der Waals surface area (Å²) in [6, 6.07) is 3.57. The van der Waals surface area contributed by atoms with Crippen molar-refractivity contribution in [1.82, 2.24) is 19.6 Å². The summed E-state index contributed by atoms with van der Waals surface area (Å²) in [6.07, 6.45) is 5.39. The highest BCUT2D eigenvalue weighted by Gasteiger charge is 2.33. The van der Waals surface area contributed by atoms with Crippen LogP contribution in [-0.4, -0.2) is 45.8 Å². The highest BCUT2D eigenvalue weighted by atomic mass is 16.5. The Morgan fingerprint density at radius 2 is 2.35 bits per heavy atom. The summed E-state index contributed by atoms with van der Waals surface area (Å²) >= 11 is 0. The van der Waals surface area contributed by atoms with E-state index in [1.807, 2.05) is 34.8 Å². The minimum absolute atomic E-state index is 0.0128. The molecular weight excluding hydrogens is 296 g/mol. The van der Waals surface area contributed by atoms with Crippen LogP contribution in [0, 0.1) is 0 Å². The predicted molar refractivity (Wildman–Crippen MR) is 82.9 cm³/mol. The minimum Gasteiger partial charge on any atom is -0.384 e. The maximum atomic E-state index is 12.8. The maximum absolute atomic E-state index is 12.8. The van der Waals surface area contributed by atoms with Crippen LogP contribution in [-0.2, 0) is 18.2 Å². The second kappa shape index (κ2) is 6.95. The lowest BCUT2D eigenvalue weighted by Gasteiger charge is -2.33. The van der Waals surface area contributed by atoms with Gasteiger partial charge in [0.05, 0.1) is 6.61 Å². The zero-order chi connectivity index (χ0) is 16.2. The molecule has 0 saturated carbocycles. The normalized spacial score (nSPS) is 18.3. The molecular formula is C16H22N4O3. The molecule has 7 heteroatoms. The number of aromatic nitrogens is 3. The Kier molecular flexibility index (Phi) is 4.76. The molecule has 23 heavy (non-hydrogen) atoms. The van der Waals surface area contributed by atoms with Crippen molar-refractivity contribution >= 4 is 5.91 Å². The fraction of sp³-hybridized carbons (Fsp3) is 0.562. The largest absolute Gasteiger partial charge is 0.384 e. The fourth-order valence-electron chi connectivity index (χ4n) is 2.96. The maximum Gasteiger partial charge on any atom is 0.271 e. The van der Waals surface area contributed by atoms with Crippen LogP contribution in [0.4, 0.5) is 0 Å². The number of rotatable bonds is 5. The van der Waals surface area contributed by atoms with E-state index in [1.54, 1.807) is 7.11 Å². The van der Waals surface area contributed by atoms with Crippen molar-refractivity contribution in [1.29, 1.82) is 0 Å². The molecule has 1 aliphatic heterocycles. The summed E-state index contributed by atoms with van der Waals surface area (Å²) in [5, 5.41) is 3.99. The van der Waals surface area contributed by atoms with Crippen LogP contribution in [0.2, 0.25) is 0 Å². The molecule has 2 aromatic rings. The molecule has 7 nitrogen and oxygen atoms in total. The molecule has 2 aromatic heterocycles. The number of methoxy groups -OCH3 is 1. The highest BCUT2D eigenvalue weighted by molar-refractivity contribution is 5.93. The Morgan fingerprint density at radius 1 is 1.48 bits per heavy atom. The number of nitrogens with zero attached hydrogens (tertiary/aromatic N) is 4. The topological polar surface area (TPSA) is 73.4 Å². The average molecular weight is 318 g/mol. The van der Waals surface area contributed by atoms with Gasteiger partial charge in [-0.25, -0.2) is 0 Å². The third-order valence-corrected chi connectivity index (χ3v) is 4.23. The first kappa shape index (κ1) is 15.7. The summed E-state index contributed by atoms with van der Waals surface area (Å²) in [5.41, 5.74) is 0.677. The van der Waals surface area contributed by atoms with Gasteiger partial charge < -0.3 is 18.7 Å². The molecule has 1 fully saturated rings. The lowest BCUT2D eigenvalue weighted by Crippen LogP contribution is -2.39. The number of piperidine rings is 1. The molecule has 1 unspecified atom stereocenters. The molecule has 1 saturated heterocycles. The lowest BCUT2D eigenvalue weighted by atomic mass is 10.0. The number of carbonyl (C=O) groups is 1. The monoisotopic (exact) mass is 318 g/mol. The Morgan fingerprint density at radius 3 is 3.09 bits per heavy atom. The number of likely N-dealkylation sites (tertiary alicyclic amines) is 1. The van der Waals surface area contributed by atoms with Crippen molar-refractivity contribution in [3.63, 3.8) is 0 Å². The van der Waals surface area contributed by atoms with E-state index < -0.39 is 0 Å². The van der Waals surface area contributed by atoms with E-state index in [9.17, 15) is 4.79 Å². The smallest absolute Gasteiger partial charge is 0.271 e. The van der Waals surface area contributed by atoms with Gasteiger partial charge in [0.25, 0.3) is 5.91 Å². The summed E-state index contributed by atoms with van der Waals surface area (Å²) in [6.45, 7) is 1.26. The van der Waals surface area contributed by atoms with Gasteiger partial charge in [0, 0.05) is 33.3 Å². The molecule has 0 spiro atoms. The minimum atomic E-state index is -0.144. The number of hydrogen-bond acceptors (Lipinski definition) is 5. The number of carbonyl (C=O) groups excluding carboxylic acids is 1. The van der Waals surface area contributed by atoms with Gasteiger partial charge in [0.15, 0.2) is 5.82 Å². The molecule has 1 aliphatic rings. The van der Waals surface area contributed by atoms with E-state index in [2.05, 4.69) is 10.1 Å². The van der Waals surface area contributed by atoms with Crippen molar-refractivity contribution in [3.05, 3.63) is 35.7 Å². The van der Waals surface area contributed by atoms with Crippen LogP contribution in [0.5, 0.6) is 0 Å². The van der Waals surface area contributed by atoms with Crippen LogP contribution < -0.4 is 0 Å². The molecule has 124 valence electrons. The van der Waals surface area contributed by atoms with E-state index in [0.29, 0.717) is 37.0 Å². The fourth-order valence-corrected chi connectivity index (χ4v) is 2.96. The lowest BCUT2D eigenvalue weighted by molar-refractivity contribution is 0.0551. The Hall–Kier alpha value is -2.15. The Balaban J connectivity index is 1.80. The molecule has 0 bridgehead atoms. The molecule has 0 N–H and O–H groups in total. The van der Waals surface area contributed by atoms with Crippen LogP contribution in [0.3, 0.4) is 0 Å². The first-order valence-corrected chi connectivity index (χ1v) is 7.94. The van der Waals surface area contributed by atoms with Gasteiger partial charge in [-0.3, -0.25) is 4.79 Å². The van der Waals surface area contributed by atoms with E-state index in [4.69, 9.17) is 9.26 Å². The van der Waals surface area contributed by atoms with E-state index >= 15 is 0 Å². The van der Waals surface area contributed by atoms with E-state index in [0.717, 1.165) is 19.3 Å². The van der Waals surface area contributed by atoms with Gasteiger partial charge in [-0.2, -0.15) is 4.98 Å². The van der Waals surface area contributed by atoms with Gasteiger partial charge in [-0.15, -0.1) is 0 Å². The molecule has 3 rings (SSSR count). The van der Waals surface area contributed by atoms with Gasteiger partial charge in [0.1, 0.15) is 11.7 Å². The first-order valence-electron chi connectivity index (χ1n) is 7.94. The zero-order valence-corrected chi connectivity index (χ0v) is 13.6. The molecule has 1 atom stereocenters. The van der Waals surface area contributed by atoms with Gasteiger partial charge >= 0.3 is 0 Å². The third kappa shape index (κ3) is 3.29. The second-order valence-electron chi connectivity index (χ2n) is 5.81. The van der Waals surface area contributed by atoms with Gasteiger partial charge in [-0.1, -0.05) is 5.16 Å². The van der Waals surface area contributed by atoms with Crippen LogP contribution in [0.25, 0.3) is 0 Å². The molecule has 0 radical (unpaired) electrons. The van der Waals surface area contributed by atoms with E-state index in [-0.39, 0.29) is 11.9 Å². The summed E-state index contributed by atoms with van der Waals surface area (Å²) in [5.74, 6) is 1.16. The third-order valence-electron chi connectivity index (χ3n) is 4.23. The SMILES string of the molecule is COCCc1noc(C2CCCCN2C(=O)c2cccn2C)n1. The Bertz CT molecular complexity index is 664. The predicted octanol–water partition coefficient (Wildman–Crippen LogP) is 1.96. The van der Waals surface area contributed by atoms with Crippen molar-refractivity contribution < 1.29 is 14.1 Å². The van der Waals surface area contributed by atoms with Crippen molar-refractivity contribution in [2.75, 3.05) is 20.3 Å². The Labute approximate surface area is 135 Å². The summed E-state index contributed by atoms with van der Waals surface area (Å²) in [7, 11) is 3.52. The summed E-state index contributed by atoms with van der Waals surface area (Å²) in [4.78, 5) is 19.1. The number of hydrogen-bond donors (Lipinski definition) is 0.